The Morgan fingerprint density at radius 2 is 1.95 bits per heavy atom. The van der Waals surface area contributed by atoms with Gasteiger partial charge in [-0.2, -0.15) is 5.10 Å². The minimum atomic E-state index is 0.0360. The average Bonchev–Trinajstić information content (AvgIpc) is 2.71. The molecule has 2 aromatic rings. The lowest BCUT2D eigenvalue weighted by molar-refractivity contribution is -0.116. The number of aryl methyl sites for hydroxylation is 4. The average molecular weight is 257 g/mol. The molecule has 1 N–H and O–H groups in total. The molecule has 2 rings (SSSR count). The maximum atomic E-state index is 11.9. The summed E-state index contributed by atoms with van der Waals surface area (Å²) in [4.78, 5) is 11.9. The van der Waals surface area contributed by atoms with Gasteiger partial charge in [0.05, 0.1) is 6.20 Å². The first kappa shape index (κ1) is 13.3. The van der Waals surface area contributed by atoms with E-state index >= 15 is 0 Å². The van der Waals surface area contributed by atoms with Crippen molar-refractivity contribution in [3.05, 3.63) is 47.3 Å². The molecule has 0 saturated carbocycles. The van der Waals surface area contributed by atoms with Crippen LogP contribution in [0, 0.1) is 13.8 Å². The molecule has 0 bridgehead atoms. The van der Waals surface area contributed by atoms with Gasteiger partial charge in [-0.25, -0.2) is 0 Å². The van der Waals surface area contributed by atoms with Crippen molar-refractivity contribution >= 4 is 11.6 Å². The zero-order valence-electron chi connectivity index (χ0n) is 11.6. The van der Waals surface area contributed by atoms with Crippen LogP contribution in [0.2, 0.25) is 0 Å². The molecule has 19 heavy (non-hydrogen) atoms. The van der Waals surface area contributed by atoms with Gasteiger partial charge in [-0.05, 0) is 49.1 Å². The summed E-state index contributed by atoms with van der Waals surface area (Å²) in [6.45, 7) is 4.05. The van der Waals surface area contributed by atoms with Crippen LogP contribution in [0.15, 0.2) is 30.6 Å². The number of nitrogens with zero attached hydrogens (tertiary/aromatic N) is 2. The number of rotatable bonds is 4. The van der Waals surface area contributed by atoms with Gasteiger partial charge in [-0.15, -0.1) is 0 Å². The van der Waals surface area contributed by atoms with Crippen LogP contribution < -0.4 is 5.32 Å². The van der Waals surface area contributed by atoms with E-state index in [1.54, 1.807) is 10.9 Å². The maximum Gasteiger partial charge on any atom is 0.224 e. The van der Waals surface area contributed by atoms with Gasteiger partial charge in [0.15, 0.2) is 0 Å². The molecule has 1 aromatic carbocycles. The van der Waals surface area contributed by atoms with Crippen molar-refractivity contribution < 1.29 is 4.79 Å². The highest BCUT2D eigenvalue weighted by molar-refractivity contribution is 5.91. The lowest BCUT2D eigenvalue weighted by atomic mass is 10.1. The van der Waals surface area contributed by atoms with Gasteiger partial charge in [-0.3, -0.25) is 9.48 Å². The van der Waals surface area contributed by atoms with Crippen molar-refractivity contribution in [1.82, 2.24) is 9.78 Å². The number of carbonyl (C=O) groups excluding carboxylic acids is 1. The van der Waals surface area contributed by atoms with Crippen LogP contribution in [0.1, 0.15) is 23.1 Å². The van der Waals surface area contributed by atoms with Gasteiger partial charge in [-0.1, -0.05) is 6.07 Å². The molecule has 4 heteroatoms. The summed E-state index contributed by atoms with van der Waals surface area (Å²) in [6, 6.07) is 6.05. The fraction of sp³-hybridized carbons (Fsp3) is 0.333. The van der Waals surface area contributed by atoms with Gasteiger partial charge in [0.1, 0.15) is 0 Å². The summed E-state index contributed by atoms with van der Waals surface area (Å²) < 4.78 is 1.75. The summed E-state index contributed by atoms with van der Waals surface area (Å²) in [5.74, 6) is 0.0360. The van der Waals surface area contributed by atoms with Gasteiger partial charge in [0.2, 0.25) is 5.91 Å². The van der Waals surface area contributed by atoms with Crippen LogP contribution in [0.25, 0.3) is 0 Å². The zero-order chi connectivity index (χ0) is 13.8. The number of hydrogen-bond acceptors (Lipinski definition) is 2. The van der Waals surface area contributed by atoms with Crippen molar-refractivity contribution in [1.29, 1.82) is 0 Å². The maximum absolute atomic E-state index is 11.9. The SMILES string of the molecule is Cc1cc(C)cc(NC(=O)CCc2cnn(C)c2)c1. The van der Waals surface area contributed by atoms with Gasteiger partial charge in [0, 0.05) is 25.4 Å². The highest BCUT2D eigenvalue weighted by Crippen LogP contribution is 2.14. The van der Waals surface area contributed by atoms with E-state index in [-0.39, 0.29) is 5.91 Å². The van der Waals surface area contributed by atoms with Crippen LogP contribution in [0.5, 0.6) is 0 Å². The smallest absolute Gasteiger partial charge is 0.224 e. The molecule has 1 heterocycles. The summed E-state index contributed by atoms with van der Waals surface area (Å²) in [6.07, 6.45) is 4.91. The van der Waals surface area contributed by atoms with Crippen molar-refractivity contribution in [2.75, 3.05) is 5.32 Å². The Morgan fingerprint density at radius 1 is 1.26 bits per heavy atom. The molecule has 0 aliphatic heterocycles. The summed E-state index contributed by atoms with van der Waals surface area (Å²) in [5, 5.41) is 7.02. The summed E-state index contributed by atoms with van der Waals surface area (Å²) in [7, 11) is 1.87. The highest BCUT2D eigenvalue weighted by atomic mass is 16.1. The Balaban J connectivity index is 1.90. The number of nitrogens with one attached hydrogen (secondary N) is 1. The molecule has 0 saturated heterocycles. The van der Waals surface area contributed by atoms with E-state index in [4.69, 9.17) is 0 Å². The lowest BCUT2D eigenvalue weighted by Gasteiger charge is -2.07. The molecule has 4 nitrogen and oxygen atoms in total. The topological polar surface area (TPSA) is 46.9 Å². The number of benzene rings is 1. The third-order valence-electron chi connectivity index (χ3n) is 2.90. The van der Waals surface area contributed by atoms with Crippen LogP contribution in [-0.4, -0.2) is 15.7 Å². The van der Waals surface area contributed by atoms with E-state index < -0.39 is 0 Å². The van der Waals surface area contributed by atoms with E-state index in [1.807, 2.05) is 39.2 Å². The van der Waals surface area contributed by atoms with Gasteiger partial charge < -0.3 is 5.32 Å². The van der Waals surface area contributed by atoms with Gasteiger partial charge >= 0.3 is 0 Å². The Bertz CT molecular complexity index is 567. The summed E-state index contributed by atoms with van der Waals surface area (Å²) >= 11 is 0. The second-order valence-electron chi connectivity index (χ2n) is 4.95. The second kappa shape index (κ2) is 5.69. The van der Waals surface area contributed by atoms with Crippen molar-refractivity contribution in [2.24, 2.45) is 7.05 Å². The fourth-order valence-corrected chi connectivity index (χ4v) is 2.13. The Labute approximate surface area is 113 Å². The number of amides is 1. The van der Waals surface area contributed by atoms with Crippen LogP contribution in [0.3, 0.4) is 0 Å². The Morgan fingerprint density at radius 3 is 2.53 bits per heavy atom. The Kier molecular flexibility index (Phi) is 4.00. The first-order chi connectivity index (χ1) is 9.02. The molecule has 1 aromatic heterocycles. The van der Waals surface area contributed by atoms with Crippen molar-refractivity contribution in [3.8, 4) is 0 Å². The van der Waals surface area contributed by atoms with Crippen molar-refractivity contribution in [2.45, 2.75) is 26.7 Å². The standard InChI is InChI=1S/C15H19N3O/c1-11-6-12(2)8-14(7-11)17-15(19)5-4-13-9-16-18(3)10-13/h6-10H,4-5H2,1-3H3,(H,17,19). The van der Waals surface area contributed by atoms with E-state index in [2.05, 4.69) is 16.5 Å². The first-order valence-corrected chi connectivity index (χ1v) is 6.38. The minimum absolute atomic E-state index is 0.0360. The fourth-order valence-electron chi connectivity index (χ4n) is 2.13. The van der Waals surface area contributed by atoms with E-state index in [0.717, 1.165) is 22.4 Å². The number of hydrogen-bond donors (Lipinski definition) is 1. The molecule has 0 fully saturated rings. The molecule has 0 aliphatic carbocycles. The van der Waals surface area contributed by atoms with Crippen LogP contribution >= 0.6 is 0 Å². The van der Waals surface area contributed by atoms with E-state index in [0.29, 0.717) is 12.8 Å². The zero-order valence-corrected chi connectivity index (χ0v) is 11.6. The Hall–Kier alpha value is -2.10. The lowest BCUT2D eigenvalue weighted by Crippen LogP contribution is -2.12. The third kappa shape index (κ3) is 3.95. The van der Waals surface area contributed by atoms with E-state index in [1.165, 1.54) is 0 Å². The van der Waals surface area contributed by atoms with Crippen LogP contribution in [-0.2, 0) is 18.3 Å². The predicted molar refractivity (Wildman–Crippen MR) is 76.1 cm³/mol. The second-order valence-corrected chi connectivity index (χ2v) is 4.95. The molecular weight excluding hydrogens is 238 g/mol. The monoisotopic (exact) mass is 257 g/mol. The predicted octanol–water partition coefficient (Wildman–Crippen LogP) is 2.61. The highest BCUT2D eigenvalue weighted by Gasteiger charge is 2.05. The molecule has 0 aliphatic rings. The number of aromatic nitrogens is 2. The molecule has 0 spiro atoms. The number of carbonyl (C=O) groups is 1. The largest absolute Gasteiger partial charge is 0.326 e. The minimum Gasteiger partial charge on any atom is -0.326 e. The molecular formula is C15H19N3O. The number of anilines is 1. The third-order valence-corrected chi connectivity index (χ3v) is 2.90. The molecule has 100 valence electrons. The van der Waals surface area contributed by atoms with Crippen LogP contribution in [0.4, 0.5) is 5.69 Å². The normalized spacial score (nSPS) is 10.5. The molecule has 0 unspecified atom stereocenters. The molecule has 0 atom stereocenters. The van der Waals surface area contributed by atoms with E-state index in [9.17, 15) is 4.79 Å². The molecule has 0 radical (unpaired) electrons. The quantitative estimate of drug-likeness (QED) is 0.915. The first-order valence-electron chi connectivity index (χ1n) is 6.38. The molecule has 1 amide bonds. The van der Waals surface area contributed by atoms with Crippen molar-refractivity contribution in [3.63, 3.8) is 0 Å². The van der Waals surface area contributed by atoms with Gasteiger partial charge in [0.25, 0.3) is 0 Å². The summed E-state index contributed by atoms with van der Waals surface area (Å²) in [5.41, 5.74) is 4.26.